The molecule has 8 heteroatoms. The van der Waals surface area contributed by atoms with E-state index in [1.54, 1.807) is 55.6 Å². The van der Waals surface area contributed by atoms with E-state index in [-0.39, 0.29) is 12.5 Å². The van der Waals surface area contributed by atoms with Gasteiger partial charge in [-0.25, -0.2) is 0 Å². The van der Waals surface area contributed by atoms with Crippen molar-refractivity contribution < 1.29 is 18.8 Å². The lowest BCUT2D eigenvalue weighted by molar-refractivity contribution is -0.118. The Kier molecular flexibility index (Phi) is 6.14. The summed E-state index contributed by atoms with van der Waals surface area (Å²) in [6, 6.07) is 21.3. The standard InChI is InChI=1S/C23H18ClN3O4/c1-29-19-10-2-15(3-11-19)22-26-23(31-27-22)16-4-12-20(13-5-16)30-14-21(28)25-18-8-6-17(24)7-9-18/h2-13H,14H2,1H3,(H,25,28). The third-order valence-electron chi connectivity index (χ3n) is 4.37. The van der Waals surface area contributed by atoms with Gasteiger partial charge in [-0.05, 0) is 72.8 Å². The monoisotopic (exact) mass is 435 g/mol. The summed E-state index contributed by atoms with van der Waals surface area (Å²) >= 11 is 5.83. The molecular formula is C23H18ClN3O4. The van der Waals surface area contributed by atoms with E-state index in [0.29, 0.717) is 28.2 Å². The Balaban J connectivity index is 1.35. The lowest BCUT2D eigenvalue weighted by Gasteiger charge is -2.08. The summed E-state index contributed by atoms with van der Waals surface area (Å²) in [5.41, 5.74) is 2.21. The summed E-state index contributed by atoms with van der Waals surface area (Å²) in [4.78, 5) is 16.5. The molecule has 4 aromatic rings. The second-order valence-electron chi connectivity index (χ2n) is 6.52. The molecule has 0 aliphatic carbocycles. The zero-order valence-electron chi connectivity index (χ0n) is 16.5. The summed E-state index contributed by atoms with van der Waals surface area (Å²) in [5.74, 6) is 1.90. The van der Waals surface area contributed by atoms with Crippen LogP contribution in [-0.4, -0.2) is 29.8 Å². The molecule has 1 heterocycles. The summed E-state index contributed by atoms with van der Waals surface area (Å²) < 4.78 is 16.1. The first-order valence-electron chi connectivity index (χ1n) is 9.37. The van der Waals surface area contributed by atoms with E-state index in [9.17, 15) is 4.79 Å². The fourth-order valence-corrected chi connectivity index (χ4v) is 2.90. The van der Waals surface area contributed by atoms with Crippen molar-refractivity contribution in [1.82, 2.24) is 10.1 Å². The van der Waals surface area contributed by atoms with Crippen molar-refractivity contribution in [2.75, 3.05) is 19.0 Å². The normalized spacial score (nSPS) is 10.5. The number of rotatable bonds is 7. The van der Waals surface area contributed by atoms with Gasteiger partial charge in [0.2, 0.25) is 5.82 Å². The van der Waals surface area contributed by atoms with Crippen LogP contribution in [0.4, 0.5) is 5.69 Å². The molecule has 0 unspecified atom stereocenters. The molecular weight excluding hydrogens is 418 g/mol. The van der Waals surface area contributed by atoms with Crippen LogP contribution in [0.25, 0.3) is 22.8 Å². The van der Waals surface area contributed by atoms with Gasteiger partial charge in [-0.3, -0.25) is 4.79 Å². The molecule has 0 radical (unpaired) electrons. The first-order valence-corrected chi connectivity index (χ1v) is 9.75. The molecule has 0 fully saturated rings. The molecule has 0 aliphatic rings. The van der Waals surface area contributed by atoms with Gasteiger partial charge in [-0.2, -0.15) is 4.98 Å². The predicted molar refractivity (Wildman–Crippen MR) is 117 cm³/mol. The van der Waals surface area contributed by atoms with Crippen LogP contribution < -0.4 is 14.8 Å². The van der Waals surface area contributed by atoms with Gasteiger partial charge in [0.25, 0.3) is 11.8 Å². The Morgan fingerprint density at radius 2 is 1.58 bits per heavy atom. The van der Waals surface area contributed by atoms with Crippen molar-refractivity contribution in [2.45, 2.75) is 0 Å². The van der Waals surface area contributed by atoms with E-state index < -0.39 is 0 Å². The average molecular weight is 436 g/mol. The first-order chi connectivity index (χ1) is 15.1. The lowest BCUT2D eigenvalue weighted by Crippen LogP contribution is -2.20. The molecule has 7 nitrogen and oxygen atoms in total. The molecule has 1 aromatic heterocycles. The SMILES string of the molecule is COc1ccc(-c2noc(-c3ccc(OCC(=O)Nc4ccc(Cl)cc4)cc3)n2)cc1. The van der Waals surface area contributed by atoms with Gasteiger partial charge in [-0.1, -0.05) is 16.8 Å². The van der Waals surface area contributed by atoms with Gasteiger partial charge in [-0.15, -0.1) is 0 Å². The van der Waals surface area contributed by atoms with Crippen LogP contribution in [0.1, 0.15) is 0 Å². The largest absolute Gasteiger partial charge is 0.497 e. The second kappa shape index (κ2) is 9.32. The van der Waals surface area contributed by atoms with Gasteiger partial charge in [0, 0.05) is 21.8 Å². The molecule has 31 heavy (non-hydrogen) atoms. The Labute approximate surface area is 183 Å². The maximum atomic E-state index is 12.0. The second-order valence-corrected chi connectivity index (χ2v) is 6.96. The Bertz CT molecular complexity index is 1160. The van der Waals surface area contributed by atoms with Gasteiger partial charge in [0.1, 0.15) is 11.5 Å². The fraction of sp³-hybridized carbons (Fsp3) is 0.0870. The highest BCUT2D eigenvalue weighted by atomic mass is 35.5. The molecule has 0 spiro atoms. The van der Waals surface area contributed by atoms with Crippen molar-refractivity contribution >= 4 is 23.2 Å². The van der Waals surface area contributed by atoms with Crippen LogP contribution in [-0.2, 0) is 4.79 Å². The van der Waals surface area contributed by atoms with Gasteiger partial charge in [0.05, 0.1) is 7.11 Å². The number of halogens is 1. The highest BCUT2D eigenvalue weighted by molar-refractivity contribution is 6.30. The number of nitrogens with one attached hydrogen (secondary N) is 1. The molecule has 1 N–H and O–H groups in total. The van der Waals surface area contributed by atoms with Crippen LogP contribution in [0.2, 0.25) is 5.02 Å². The maximum Gasteiger partial charge on any atom is 0.262 e. The van der Waals surface area contributed by atoms with E-state index in [2.05, 4.69) is 15.5 Å². The Hall–Kier alpha value is -3.84. The lowest BCUT2D eigenvalue weighted by atomic mass is 10.2. The molecule has 0 atom stereocenters. The van der Waals surface area contributed by atoms with Gasteiger partial charge in [0.15, 0.2) is 6.61 Å². The van der Waals surface area contributed by atoms with Crippen LogP contribution in [0.5, 0.6) is 11.5 Å². The van der Waals surface area contributed by atoms with Crippen molar-refractivity contribution in [3.05, 3.63) is 77.8 Å². The summed E-state index contributed by atoms with van der Waals surface area (Å²) in [6.07, 6.45) is 0. The fourth-order valence-electron chi connectivity index (χ4n) is 2.77. The van der Waals surface area contributed by atoms with Crippen molar-refractivity contribution in [1.29, 1.82) is 0 Å². The van der Waals surface area contributed by atoms with Crippen LogP contribution >= 0.6 is 11.6 Å². The molecule has 0 aliphatic heterocycles. The smallest absolute Gasteiger partial charge is 0.262 e. The van der Waals surface area contributed by atoms with Crippen LogP contribution in [0.3, 0.4) is 0 Å². The minimum absolute atomic E-state index is 0.121. The quantitative estimate of drug-likeness (QED) is 0.435. The maximum absolute atomic E-state index is 12.0. The number of hydrogen-bond donors (Lipinski definition) is 1. The summed E-state index contributed by atoms with van der Waals surface area (Å²) in [5, 5.41) is 7.37. The number of aromatic nitrogens is 2. The number of carbonyl (C=O) groups is 1. The molecule has 156 valence electrons. The minimum atomic E-state index is -0.271. The van der Waals surface area contributed by atoms with E-state index in [4.69, 9.17) is 25.6 Å². The van der Waals surface area contributed by atoms with Gasteiger partial charge >= 0.3 is 0 Å². The number of nitrogens with zero attached hydrogens (tertiary/aromatic N) is 2. The Morgan fingerprint density at radius 3 is 2.26 bits per heavy atom. The number of carbonyl (C=O) groups excluding carboxylic acids is 1. The molecule has 0 saturated heterocycles. The van der Waals surface area contributed by atoms with Crippen molar-refractivity contribution in [3.63, 3.8) is 0 Å². The first kappa shape index (κ1) is 20.4. The molecule has 4 rings (SSSR count). The zero-order chi connectivity index (χ0) is 21.6. The van der Waals surface area contributed by atoms with Crippen molar-refractivity contribution in [2.24, 2.45) is 0 Å². The summed E-state index contributed by atoms with van der Waals surface area (Å²) in [6.45, 7) is -0.121. The highest BCUT2D eigenvalue weighted by Gasteiger charge is 2.11. The predicted octanol–water partition coefficient (Wildman–Crippen LogP) is 5.08. The third-order valence-corrected chi connectivity index (χ3v) is 4.63. The zero-order valence-corrected chi connectivity index (χ0v) is 17.3. The molecule has 1 amide bonds. The molecule has 3 aromatic carbocycles. The topological polar surface area (TPSA) is 86.5 Å². The number of anilines is 1. The van der Waals surface area contributed by atoms with Crippen LogP contribution in [0.15, 0.2) is 77.3 Å². The van der Waals surface area contributed by atoms with Gasteiger partial charge < -0.3 is 19.3 Å². The minimum Gasteiger partial charge on any atom is -0.497 e. The average Bonchev–Trinajstić information content (AvgIpc) is 3.30. The van der Waals surface area contributed by atoms with E-state index in [1.165, 1.54) is 0 Å². The van der Waals surface area contributed by atoms with Crippen molar-refractivity contribution in [3.8, 4) is 34.3 Å². The molecule has 0 saturated carbocycles. The van der Waals surface area contributed by atoms with Crippen LogP contribution in [0, 0.1) is 0 Å². The van der Waals surface area contributed by atoms with E-state index >= 15 is 0 Å². The highest BCUT2D eigenvalue weighted by Crippen LogP contribution is 2.25. The Morgan fingerprint density at radius 1 is 0.935 bits per heavy atom. The number of amides is 1. The third kappa shape index (κ3) is 5.21. The molecule has 0 bridgehead atoms. The number of hydrogen-bond acceptors (Lipinski definition) is 6. The summed E-state index contributed by atoms with van der Waals surface area (Å²) in [7, 11) is 1.61. The number of methoxy groups -OCH3 is 1. The van der Waals surface area contributed by atoms with E-state index in [1.807, 2.05) is 24.3 Å². The van der Waals surface area contributed by atoms with E-state index in [0.717, 1.165) is 16.9 Å². The number of ether oxygens (including phenoxy) is 2. The number of benzene rings is 3.